The second-order valence-electron chi connectivity index (χ2n) is 4.57. The molecule has 0 aromatic heterocycles. The second-order valence-corrected chi connectivity index (χ2v) is 6.05. The fourth-order valence-corrected chi connectivity index (χ4v) is 2.59. The number of carbonyl (C=O) groups is 1. The Balaban J connectivity index is 2.00. The van der Waals surface area contributed by atoms with Gasteiger partial charge in [0.2, 0.25) is 5.91 Å². The second kappa shape index (κ2) is 7.29. The molecule has 5 nitrogen and oxygen atoms in total. The number of amides is 1. The lowest BCUT2D eigenvalue weighted by molar-refractivity contribution is -0.384. The highest BCUT2D eigenvalue weighted by molar-refractivity contribution is 8.00. The van der Waals surface area contributed by atoms with Crippen LogP contribution >= 0.6 is 23.4 Å². The predicted molar refractivity (Wildman–Crippen MR) is 88.6 cm³/mol. The molecule has 7 heteroatoms. The van der Waals surface area contributed by atoms with Crippen LogP contribution in [0.15, 0.2) is 47.4 Å². The molecule has 0 unspecified atom stereocenters. The minimum absolute atomic E-state index is 0.107. The van der Waals surface area contributed by atoms with Crippen molar-refractivity contribution < 1.29 is 9.72 Å². The molecule has 0 bridgehead atoms. The molecule has 0 saturated carbocycles. The van der Waals surface area contributed by atoms with Crippen LogP contribution in [0.2, 0.25) is 5.02 Å². The monoisotopic (exact) mass is 336 g/mol. The Morgan fingerprint density at radius 1 is 1.27 bits per heavy atom. The van der Waals surface area contributed by atoms with Crippen LogP contribution in [0.1, 0.15) is 5.56 Å². The molecule has 22 heavy (non-hydrogen) atoms. The van der Waals surface area contributed by atoms with Crippen molar-refractivity contribution in [3.63, 3.8) is 0 Å². The largest absolute Gasteiger partial charge is 0.320 e. The molecule has 0 saturated heterocycles. The Morgan fingerprint density at radius 2 is 1.95 bits per heavy atom. The first kappa shape index (κ1) is 16.3. The Kier molecular flexibility index (Phi) is 5.41. The molecule has 0 fully saturated rings. The van der Waals surface area contributed by atoms with E-state index >= 15 is 0 Å². The van der Waals surface area contributed by atoms with E-state index in [1.54, 1.807) is 31.2 Å². The standard InChI is InChI=1S/C15H13ClN2O3S/c1-10-2-7-13(14(8-10)18(20)21)17-15(19)9-22-12-5-3-11(16)4-6-12/h2-8H,9H2,1H3,(H,17,19). The SMILES string of the molecule is Cc1ccc(NC(=O)CSc2ccc(Cl)cc2)c([N+](=O)[O-])c1. The first-order valence-electron chi connectivity index (χ1n) is 6.39. The molecular weight excluding hydrogens is 324 g/mol. The fourth-order valence-electron chi connectivity index (χ4n) is 1.76. The highest BCUT2D eigenvalue weighted by Gasteiger charge is 2.15. The summed E-state index contributed by atoms with van der Waals surface area (Å²) in [6.45, 7) is 1.76. The molecule has 0 radical (unpaired) electrons. The lowest BCUT2D eigenvalue weighted by Crippen LogP contribution is -2.15. The molecule has 0 aliphatic carbocycles. The lowest BCUT2D eigenvalue weighted by Gasteiger charge is -2.07. The number of thioether (sulfide) groups is 1. The zero-order chi connectivity index (χ0) is 16.1. The smallest absolute Gasteiger partial charge is 0.293 e. The van der Waals surface area contributed by atoms with Crippen molar-refractivity contribution in [2.45, 2.75) is 11.8 Å². The number of nitrogens with one attached hydrogen (secondary N) is 1. The van der Waals surface area contributed by atoms with Crippen LogP contribution in [0.4, 0.5) is 11.4 Å². The summed E-state index contributed by atoms with van der Waals surface area (Å²) >= 11 is 7.12. The Labute approximate surface area is 136 Å². The minimum atomic E-state index is -0.505. The van der Waals surface area contributed by atoms with E-state index in [4.69, 9.17) is 11.6 Å². The van der Waals surface area contributed by atoms with E-state index in [2.05, 4.69) is 5.32 Å². The van der Waals surface area contributed by atoms with E-state index in [9.17, 15) is 14.9 Å². The molecule has 0 heterocycles. The minimum Gasteiger partial charge on any atom is -0.320 e. The van der Waals surface area contributed by atoms with E-state index in [1.807, 2.05) is 12.1 Å². The predicted octanol–water partition coefficient (Wildman–Crippen LogP) is 4.29. The van der Waals surface area contributed by atoms with Gasteiger partial charge in [-0.05, 0) is 42.8 Å². The molecule has 0 atom stereocenters. The average molecular weight is 337 g/mol. The van der Waals surface area contributed by atoms with Crippen molar-refractivity contribution in [2.75, 3.05) is 11.1 Å². The van der Waals surface area contributed by atoms with Crippen molar-refractivity contribution >= 4 is 40.6 Å². The third kappa shape index (κ3) is 4.47. The highest BCUT2D eigenvalue weighted by Crippen LogP contribution is 2.26. The summed E-state index contributed by atoms with van der Waals surface area (Å²) in [6, 6.07) is 11.8. The van der Waals surface area contributed by atoms with Crippen molar-refractivity contribution in [1.82, 2.24) is 0 Å². The summed E-state index contributed by atoms with van der Waals surface area (Å²) in [4.78, 5) is 23.3. The van der Waals surface area contributed by atoms with Gasteiger partial charge in [0.1, 0.15) is 5.69 Å². The lowest BCUT2D eigenvalue weighted by atomic mass is 10.2. The number of hydrogen-bond donors (Lipinski definition) is 1. The quantitative estimate of drug-likeness (QED) is 0.502. The van der Waals surface area contributed by atoms with Crippen LogP contribution in [-0.4, -0.2) is 16.6 Å². The zero-order valence-electron chi connectivity index (χ0n) is 11.7. The molecule has 2 rings (SSSR count). The first-order valence-corrected chi connectivity index (χ1v) is 7.75. The average Bonchev–Trinajstić information content (AvgIpc) is 2.48. The van der Waals surface area contributed by atoms with Gasteiger partial charge in [-0.2, -0.15) is 0 Å². The Morgan fingerprint density at radius 3 is 2.59 bits per heavy atom. The number of carbonyl (C=O) groups excluding carboxylic acids is 1. The van der Waals surface area contributed by atoms with Crippen molar-refractivity contribution in [3.05, 3.63) is 63.2 Å². The van der Waals surface area contributed by atoms with Gasteiger partial charge in [0.25, 0.3) is 5.69 Å². The molecule has 1 N–H and O–H groups in total. The number of anilines is 1. The Bertz CT molecular complexity index is 704. The normalized spacial score (nSPS) is 10.3. The van der Waals surface area contributed by atoms with Crippen molar-refractivity contribution in [2.24, 2.45) is 0 Å². The van der Waals surface area contributed by atoms with Crippen molar-refractivity contribution in [3.8, 4) is 0 Å². The number of hydrogen-bond acceptors (Lipinski definition) is 4. The third-order valence-corrected chi connectivity index (χ3v) is 4.07. The molecular formula is C15H13ClN2O3S. The third-order valence-electron chi connectivity index (χ3n) is 2.81. The van der Waals surface area contributed by atoms with Crippen molar-refractivity contribution in [1.29, 1.82) is 0 Å². The summed E-state index contributed by atoms with van der Waals surface area (Å²) in [5.74, 6) is -0.140. The van der Waals surface area contributed by atoms with Gasteiger partial charge in [-0.3, -0.25) is 14.9 Å². The number of nitro benzene ring substituents is 1. The van der Waals surface area contributed by atoms with Gasteiger partial charge in [-0.1, -0.05) is 17.7 Å². The summed E-state index contributed by atoms with van der Waals surface area (Å²) in [5, 5.41) is 14.2. The molecule has 2 aromatic rings. The maximum absolute atomic E-state index is 11.9. The van der Waals surface area contributed by atoms with E-state index < -0.39 is 4.92 Å². The van der Waals surface area contributed by atoms with E-state index in [0.29, 0.717) is 5.02 Å². The van der Waals surface area contributed by atoms with Gasteiger partial charge >= 0.3 is 0 Å². The van der Waals surface area contributed by atoms with Crippen LogP contribution in [0.3, 0.4) is 0 Å². The summed E-state index contributed by atoms with van der Waals surface area (Å²) in [7, 11) is 0. The number of benzene rings is 2. The first-order chi connectivity index (χ1) is 10.5. The van der Waals surface area contributed by atoms with Gasteiger partial charge < -0.3 is 5.32 Å². The molecule has 0 aliphatic heterocycles. The van der Waals surface area contributed by atoms with Crippen LogP contribution in [0.5, 0.6) is 0 Å². The van der Waals surface area contributed by atoms with Crippen LogP contribution < -0.4 is 5.32 Å². The molecule has 1 amide bonds. The zero-order valence-corrected chi connectivity index (χ0v) is 13.3. The summed E-state index contributed by atoms with van der Waals surface area (Å²) < 4.78 is 0. The fraction of sp³-hybridized carbons (Fsp3) is 0.133. The van der Waals surface area contributed by atoms with Gasteiger partial charge in [-0.15, -0.1) is 11.8 Å². The topological polar surface area (TPSA) is 72.2 Å². The molecule has 114 valence electrons. The Hall–Kier alpha value is -2.05. The molecule has 2 aromatic carbocycles. The van der Waals surface area contributed by atoms with Gasteiger partial charge in [0.15, 0.2) is 0 Å². The van der Waals surface area contributed by atoms with Gasteiger partial charge in [0.05, 0.1) is 10.7 Å². The van der Waals surface area contributed by atoms with Crippen LogP contribution in [0.25, 0.3) is 0 Å². The van der Waals surface area contributed by atoms with E-state index in [0.717, 1.165) is 10.5 Å². The van der Waals surface area contributed by atoms with Gasteiger partial charge in [-0.25, -0.2) is 0 Å². The molecule has 0 spiro atoms. The van der Waals surface area contributed by atoms with Crippen LogP contribution in [-0.2, 0) is 4.79 Å². The number of rotatable bonds is 5. The molecule has 0 aliphatic rings. The number of aryl methyl sites for hydroxylation is 1. The number of nitrogens with zero attached hydrogens (tertiary/aromatic N) is 1. The van der Waals surface area contributed by atoms with E-state index in [-0.39, 0.29) is 23.0 Å². The number of halogens is 1. The maximum Gasteiger partial charge on any atom is 0.293 e. The summed E-state index contributed by atoms with van der Waals surface area (Å²) in [5.41, 5.74) is 0.863. The summed E-state index contributed by atoms with van der Waals surface area (Å²) in [6.07, 6.45) is 0. The number of nitro groups is 1. The highest BCUT2D eigenvalue weighted by atomic mass is 35.5. The van der Waals surface area contributed by atoms with E-state index in [1.165, 1.54) is 17.8 Å². The van der Waals surface area contributed by atoms with Crippen LogP contribution in [0, 0.1) is 17.0 Å². The maximum atomic E-state index is 11.9. The van der Waals surface area contributed by atoms with Gasteiger partial charge in [0, 0.05) is 16.0 Å².